The Hall–Kier alpha value is -0.870. The van der Waals surface area contributed by atoms with Gasteiger partial charge in [-0.1, -0.05) is 13.8 Å². The fourth-order valence-corrected chi connectivity index (χ4v) is 2.75. The smallest absolute Gasteiger partial charge is 0.223 e. The van der Waals surface area contributed by atoms with Crippen molar-refractivity contribution >= 4 is 5.91 Å². The maximum absolute atomic E-state index is 12.0. The van der Waals surface area contributed by atoms with Crippen molar-refractivity contribution in [1.29, 1.82) is 0 Å². The van der Waals surface area contributed by atoms with Gasteiger partial charge in [0.25, 0.3) is 0 Å². The van der Waals surface area contributed by atoms with Crippen molar-refractivity contribution in [2.75, 3.05) is 39.8 Å². The van der Waals surface area contributed by atoms with Gasteiger partial charge in [-0.15, -0.1) is 13.2 Å². The van der Waals surface area contributed by atoms with Gasteiger partial charge in [0.2, 0.25) is 5.91 Å². The third kappa shape index (κ3) is 8.22. The number of piperidine rings is 2. The molecule has 0 unspecified atom stereocenters. The van der Waals surface area contributed by atoms with Gasteiger partial charge in [-0.3, -0.25) is 4.79 Å². The largest absolute Gasteiger partial charge is 0.356 e. The number of carbonyl (C=O) groups is 1. The molecule has 2 fully saturated rings. The molecule has 0 atom stereocenters. The average molecular weight is 297 g/mol. The minimum absolute atomic E-state index is 0.257. The number of carbonyl (C=O) groups excluding carboxylic acids is 1. The lowest BCUT2D eigenvalue weighted by atomic mass is 9.94. The van der Waals surface area contributed by atoms with Gasteiger partial charge in [-0.2, -0.15) is 0 Å². The second kappa shape index (κ2) is 12.8. The molecule has 2 rings (SSSR count). The predicted molar refractivity (Wildman–Crippen MR) is 91.4 cm³/mol. The van der Waals surface area contributed by atoms with E-state index in [2.05, 4.69) is 35.7 Å². The maximum Gasteiger partial charge on any atom is 0.223 e. The molecule has 0 aliphatic carbocycles. The summed E-state index contributed by atoms with van der Waals surface area (Å²) in [6.45, 7) is 15.2. The van der Waals surface area contributed by atoms with Crippen LogP contribution in [0.4, 0.5) is 0 Å². The summed E-state index contributed by atoms with van der Waals surface area (Å²) in [6.07, 6.45) is 4.45. The Morgan fingerprint density at radius 2 is 1.67 bits per heavy atom. The SMILES string of the molecule is C=C.CC.CN1CCC(C(=O)NCC2CCNCC2)CC1. The van der Waals surface area contributed by atoms with Gasteiger partial charge in [-0.25, -0.2) is 0 Å². The van der Waals surface area contributed by atoms with Crippen molar-refractivity contribution < 1.29 is 4.79 Å². The summed E-state index contributed by atoms with van der Waals surface area (Å²) in [5.74, 6) is 1.23. The van der Waals surface area contributed by atoms with Crippen LogP contribution in [-0.4, -0.2) is 50.6 Å². The molecule has 124 valence electrons. The van der Waals surface area contributed by atoms with Crippen LogP contribution in [0.15, 0.2) is 13.2 Å². The first kappa shape index (κ1) is 20.1. The third-order valence-electron chi connectivity index (χ3n) is 4.11. The first-order valence-electron chi connectivity index (χ1n) is 8.42. The third-order valence-corrected chi connectivity index (χ3v) is 4.11. The lowest BCUT2D eigenvalue weighted by Crippen LogP contribution is -2.41. The Kier molecular flexibility index (Phi) is 12.3. The molecular weight excluding hydrogens is 262 g/mol. The zero-order valence-electron chi connectivity index (χ0n) is 14.3. The van der Waals surface area contributed by atoms with E-state index in [4.69, 9.17) is 0 Å². The Morgan fingerprint density at radius 3 is 2.19 bits per heavy atom. The molecule has 4 heteroatoms. The molecule has 0 aromatic rings. The topological polar surface area (TPSA) is 44.4 Å². The lowest BCUT2D eigenvalue weighted by Gasteiger charge is -2.29. The number of nitrogens with zero attached hydrogens (tertiary/aromatic N) is 1. The number of hydrogen-bond donors (Lipinski definition) is 2. The fraction of sp³-hybridized carbons (Fsp3) is 0.824. The van der Waals surface area contributed by atoms with Crippen LogP contribution < -0.4 is 10.6 Å². The normalized spacial score (nSPS) is 20.5. The molecular formula is C17H35N3O. The van der Waals surface area contributed by atoms with E-state index in [1.165, 1.54) is 12.8 Å². The summed E-state index contributed by atoms with van der Waals surface area (Å²) in [6, 6.07) is 0. The summed E-state index contributed by atoms with van der Waals surface area (Å²) >= 11 is 0. The highest BCUT2D eigenvalue weighted by Gasteiger charge is 2.23. The molecule has 2 aliphatic rings. The molecule has 0 spiro atoms. The zero-order chi connectivity index (χ0) is 16.1. The van der Waals surface area contributed by atoms with Crippen LogP contribution in [-0.2, 0) is 4.79 Å². The van der Waals surface area contributed by atoms with Crippen molar-refractivity contribution in [1.82, 2.24) is 15.5 Å². The minimum Gasteiger partial charge on any atom is -0.356 e. The van der Waals surface area contributed by atoms with E-state index >= 15 is 0 Å². The van der Waals surface area contributed by atoms with Gasteiger partial charge in [0.05, 0.1) is 0 Å². The number of amides is 1. The Balaban J connectivity index is 0.000000921. The summed E-state index contributed by atoms with van der Waals surface area (Å²) in [5, 5.41) is 6.50. The highest BCUT2D eigenvalue weighted by molar-refractivity contribution is 5.78. The average Bonchev–Trinajstić information content (AvgIpc) is 2.58. The molecule has 2 aliphatic heterocycles. The predicted octanol–water partition coefficient (Wildman–Crippen LogP) is 2.27. The molecule has 2 saturated heterocycles. The summed E-state index contributed by atoms with van der Waals surface area (Å²) in [7, 11) is 2.13. The Labute approximate surface area is 131 Å². The number of likely N-dealkylation sites (tertiary alicyclic amines) is 1. The van der Waals surface area contributed by atoms with E-state index < -0.39 is 0 Å². The monoisotopic (exact) mass is 297 g/mol. The maximum atomic E-state index is 12.0. The number of rotatable bonds is 3. The molecule has 2 N–H and O–H groups in total. The summed E-state index contributed by atoms with van der Waals surface area (Å²) in [4.78, 5) is 14.3. The van der Waals surface area contributed by atoms with Gasteiger partial charge < -0.3 is 15.5 Å². The zero-order valence-corrected chi connectivity index (χ0v) is 14.3. The number of hydrogen-bond acceptors (Lipinski definition) is 3. The van der Waals surface area contributed by atoms with Crippen LogP contribution in [0.25, 0.3) is 0 Å². The van der Waals surface area contributed by atoms with Gasteiger partial charge in [0, 0.05) is 12.5 Å². The molecule has 1 amide bonds. The summed E-state index contributed by atoms with van der Waals surface area (Å²) < 4.78 is 0. The quantitative estimate of drug-likeness (QED) is 0.786. The number of nitrogens with one attached hydrogen (secondary N) is 2. The van der Waals surface area contributed by atoms with E-state index in [-0.39, 0.29) is 11.8 Å². The molecule has 2 heterocycles. The molecule has 4 nitrogen and oxygen atoms in total. The Morgan fingerprint density at radius 1 is 1.14 bits per heavy atom. The van der Waals surface area contributed by atoms with Crippen LogP contribution in [0.2, 0.25) is 0 Å². The molecule has 0 aromatic heterocycles. The van der Waals surface area contributed by atoms with E-state index in [0.29, 0.717) is 5.92 Å². The highest BCUT2D eigenvalue weighted by atomic mass is 16.1. The second-order valence-corrected chi connectivity index (χ2v) is 5.52. The van der Waals surface area contributed by atoms with Gasteiger partial charge in [0.1, 0.15) is 0 Å². The van der Waals surface area contributed by atoms with E-state index in [1.54, 1.807) is 0 Å². The van der Waals surface area contributed by atoms with Gasteiger partial charge in [0.15, 0.2) is 0 Å². The molecule has 0 saturated carbocycles. The van der Waals surface area contributed by atoms with Crippen molar-refractivity contribution in [2.24, 2.45) is 11.8 Å². The minimum atomic E-state index is 0.257. The highest BCUT2D eigenvalue weighted by Crippen LogP contribution is 2.16. The molecule has 0 bridgehead atoms. The first-order valence-corrected chi connectivity index (χ1v) is 8.42. The van der Waals surface area contributed by atoms with E-state index in [9.17, 15) is 4.79 Å². The molecule has 21 heavy (non-hydrogen) atoms. The first-order chi connectivity index (χ1) is 10.3. The van der Waals surface area contributed by atoms with Crippen molar-refractivity contribution in [2.45, 2.75) is 39.5 Å². The lowest BCUT2D eigenvalue weighted by molar-refractivity contribution is -0.126. The second-order valence-electron chi connectivity index (χ2n) is 5.52. The van der Waals surface area contributed by atoms with Gasteiger partial charge in [-0.05, 0) is 64.8 Å². The van der Waals surface area contributed by atoms with Crippen LogP contribution in [0.1, 0.15) is 39.5 Å². The Bertz CT molecular complexity index is 257. The van der Waals surface area contributed by atoms with Crippen LogP contribution in [0.5, 0.6) is 0 Å². The van der Waals surface area contributed by atoms with Crippen LogP contribution >= 0.6 is 0 Å². The van der Waals surface area contributed by atoms with Crippen LogP contribution in [0, 0.1) is 11.8 Å². The summed E-state index contributed by atoms with van der Waals surface area (Å²) in [5.41, 5.74) is 0. The van der Waals surface area contributed by atoms with Crippen molar-refractivity contribution in [3.8, 4) is 0 Å². The van der Waals surface area contributed by atoms with E-state index in [0.717, 1.165) is 45.6 Å². The van der Waals surface area contributed by atoms with Gasteiger partial charge >= 0.3 is 0 Å². The van der Waals surface area contributed by atoms with E-state index in [1.807, 2.05) is 13.8 Å². The molecule has 0 radical (unpaired) electrons. The molecule has 0 aromatic carbocycles. The van der Waals surface area contributed by atoms with Crippen LogP contribution in [0.3, 0.4) is 0 Å². The standard InChI is InChI=1S/C13H25N3O.C2H6.C2H4/c1-16-8-4-12(5-9-16)13(17)15-10-11-2-6-14-7-3-11;2*1-2/h11-12,14H,2-10H2,1H3,(H,15,17);1-2H3;1-2H2. The fourth-order valence-electron chi connectivity index (χ4n) is 2.75. The van der Waals surface area contributed by atoms with Crippen molar-refractivity contribution in [3.63, 3.8) is 0 Å². The van der Waals surface area contributed by atoms with Crippen molar-refractivity contribution in [3.05, 3.63) is 13.2 Å².